The van der Waals surface area contributed by atoms with Crippen LogP contribution in [0.2, 0.25) is 0 Å². The van der Waals surface area contributed by atoms with Gasteiger partial charge in [-0.15, -0.1) is 0 Å². The predicted octanol–water partition coefficient (Wildman–Crippen LogP) is 1.34. The second kappa shape index (κ2) is 6.86. The highest BCUT2D eigenvalue weighted by Gasteiger charge is 2.49. The Morgan fingerprint density at radius 1 is 1.31 bits per heavy atom. The highest BCUT2D eigenvalue weighted by molar-refractivity contribution is 6.09. The van der Waals surface area contributed by atoms with E-state index in [1.54, 1.807) is 25.1 Å². The van der Waals surface area contributed by atoms with Gasteiger partial charge in [-0.1, -0.05) is 19.9 Å². The van der Waals surface area contributed by atoms with E-state index in [1.807, 2.05) is 0 Å². The van der Waals surface area contributed by atoms with Gasteiger partial charge < -0.3 is 20.1 Å². The number of imide groups is 1. The van der Waals surface area contributed by atoms with E-state index in [4.69, 9.17) is 9.47 Å². The Hall–Kier alpha value is -2.77. The Bertz CT molecular complexity index is 748. The van der Waals surface area contributed by atoms with Gasteiger partial charge in [0.25, 0.3) is 5.91 Å². The summed E-state index contributed by atoms with van der Waals surface area (Å²) in [6.45, 7) is 6.06. The van der Waals surface area contributed by atoms with Crippen molar-refractivity contribution in [2.24, 2.45) is 5.92 Å². The Kier molecular flexibility index (Phi) is 4.76. The zero-order valence-electron chi connectivity index (χ0n) is 15.1. The number of nitrogens with one attached hydrogen (secondary N) is 2. The average Bonchev–Trinajstić information content (AvgIpc) is 3.13. The number of rotatable bonds is 6. The molecular weight excluding hydrogens is 338 g/mol. The lowest BCUT2D eigenvalue weighted by Gasteiger charge is -2.22. The minimum absolute atomic E-state index is 0.123. The number of hydrogen-bond donors (Lipinski definition) is 2. The number of nitrogens with zero attached hydrogens (tertiary/aromatic N) is 1. The van der Waals surface area contributed by atoms with Gasteiger partial charge in [-0.25, -0.2) is 4.79 Å². The minimum atomic E-state index is -1.25. The molecule has 1 atom stereocenters. The molecule has 2 N–H and O–H groups in total. The van der Waals surface area contributed by atoms with Crippen LogP contribution in [0, 0.1) is 5.92 Å². The number of urea groups is 1. The molecule has 0 aliphatic carbocycles. The van der Waals surface area contributed by atoms with Crippen LogP contribution in [0.15, 0.2) is 18.2 Å². The summed E-state index contributed by atoms with van der Waals surface area (Å²) >= 11 is 0. The smallest absolute Gasteiger partial charge is 0.325 e. The molecule has 0 unspecified atom stereocenters. The summed E-state index contributed by atoms with van der Waals surface area (Å²) in [5.74, 6) is 0.747. The molecule has 4 amide bonds. The largest absolute Gasteiger partial charge is 0.454 e. The summed E-state index contributed by atoms with van der Waals surface area (Å²) in [6, 6.07) is 4.49. The molecule has 0 saturated carbocycles. The molecule has 0 radical (unpaired) electrons. The maximum atomic E-state index is 12.8. The fraction of sp³-hybridized carbons (Fsp3) is 0.500. The van der Waals surface area contributed by atoms with E-state index in [0.717, 1.165) is 11.3 Å². The molecule has 3 rings (SSSR count). The van der Waals surface area contributed by atoms with Crippen molar-refractivity contribution in [2.45, 2.75) is 32.7 Å². The van der Waals surface area contributed by atoms with Gasteiger partial charge in [-0.2, -0.15) is 0 Å². The quantitative estimate of drug-likeness (QED) is 0.746. The molecule has 0 bridgehead atoms. The van der Waals surface area contributed by atoms with Crippen molar-refractivity contribution < 1.29 is 23.9 Å². The molecular formula is C18H23N3O5. The fourth-order valence-corrected chi connectivity index (χ4v) is 2.94. The van der Waals surface area contributed by atoms with E-state index in [0.29, 0.717) is 29.5 Å². The van der Waals surface area contributed by atoms with Gasteiger partial charge in [-0.3, -0.25) is 14.5 Å². The monoisotopic (exact) mass is 361 g/mol. The number of ether oxygens (including phenoxy) is 2. The van der Waals surface area contributed by atoms with Crippen LogP contribution in [0.25, 0.3) is 0 Å². The number of amides is 4. The number of benzene rings is 1. The van der Waals surface area contributed by atoms with Crippen LogP contribution in [0.1, 0.15) is 32.8 Å². The van der Waals surface area contributed by atoms with Gasteiger partial charge >= 0.3 is 6.03 Å². The van der Waals surface area contributed by atoms with Crippen molar-refractivity contribution in [2.75, 3.05) is 19.9 Å². The SMILES string of the molecule is CC(C)CCNC(=O)CN1C(=O)N[C@](C)(c2ccc3c(c2)OCO3)C1=O. The highest BCUT2D eigenvalue weighted by Crippen LogP contribution is 2.37. The molecule has 0 aromatic heterocycles. The molecule has 1 aromatic carbocycles. The molecule has 2 aliphatic rings. The van der Waals surface area contributed by atoms with Crippen LogP contribution < -0.4 is 20.1 Å². The third-order valence-corrected chi connectivity index (χ3v) is 4.57. The van der Waals surface area contributed by atoms with Crippen LogP contribution in [-0.4, -0.2) is 42.6 Å². The maximum absolute atomic E-state index is 12.8. The maximum Gasteiger partial charge on any atom is 0.325 e. The molecule has 8 heteroatoms. The first-order valence-electron chi connectivity index (χ1n) is 8.62. The molecule has 8 nitrogen and oxygen atoms in total. The Morgan fingerprint density at radius 3 is 2.77 bits per heavy atom. The summed E-state index contributed by atoms with van der Waals surface area (Å²) < 4.78 is 10.6. The average molecular weight is 361 g/mol. The number of carbonyl (C=O) groups is 3. The van der Waals surface area contributed by atoms with Crippen LogP contribution in [0.5, 0.6) is 11.5 Å². The Balaban J connectivity index is 1.70. The van der Waals surface area contributed by atoms with Gasteiger partial charge in [0.05, 0.1) is 0 Å². The molecule has 1 fully saturated rings. The van der Waals surface area contributed by atoms with Crippen molar-refractivity contribution in [3.63, 3.8) is 0 Å². The lowest BCUT2D eigenvalue weighted by atomic mass is 9.91. The first kappa shape index (κ1) is 18.0. The van der Waals surface area contributed by atoms with Gasteiger partial charge in [-0.05, 0) is 37.0 Å². The van der Waals surface area contributed by atoms with Gasteiger partial charge in [0, 0.05) is 6.54 Å². The van der Waals surface area contributed by atoms with Gasteiger partial charge in [0.1, 0.15) is 12.1 Å². The van der Waals surface area contributed by atoms with E-state index < -0.39 is 17.5 Å². The van der Waals surface area contributed by atoms with Crippen molar-refractivity contribution in [1.82, 2.24) is 15.5 Å². The van der Waals surface area contributed by atoms with E-state index in [1.165, 1.54) is 0 Å². The van der Waals surface area contributed by atoms with Crippen molar-refractivity contribution in [3.05, 3.63) is 23.8 Å². The molecule has 1 saturated heterocycles. The second-order valence-corrected chi connectivity index (χ2v) is 7.05. The first-order valence-corrected chi connectivity index (χ1v) is 8.62. The summed E-state index contributed by atoms with van der Waals surface area (Å²) in [5.41, 5.74) is -0.682. The van der Waals surface area contributed by atoms with Gasteiger partial charge in [0.2, 0.25) is 12.7 Å². The molecule has 0 spiro atoms. The Labute approximate surface area is 151 Å². The van der Waals surface area contributed by atoms with E-state index in [2.05, 4.69) is 24.5 Å². The van der Waals surface area contributed by atoms with Crippen LogP contribution in [0.3, 0.4) is 0 Å². The summed E-state index contributed by atoms with van der Waals surface area (Å²) in [4.78, 5) is 38.1. The lowest BCUT2D eigenvalue weighted by Crippen LogP contribution is -2.43. The normalized spacial score (nSPS) is 21.3. The molecule has 140 valence electrons. The second-order valence-electron chi connectivity index (χ2n) is 7.05. The predicted molar refractivity (Wildman–Crippen MR) is 92.6 cm³/mol. The van der Waals surface area contributed by atoms with Crippen molar-refractivity contribution in [3.8, 4) is 11.5 Å². The fourth-order valence-electron chi connectivity index (χ4n) is 2.94. The standard InChI is InChI=1S/C18H23N3O5/c1-11(2)6-7-19-15(22)9-21-16(23)18(3,20-17(21)24)12-4-5-13-14(8-12)26-10-25-13/h4-5,8,11H,6-7,9-10H2,1-3H3,(H,19,22)(H,20,24)/t18-/m1/s1. The summed E-state index contributed by atoms with van der Waals surface area (Å²) in [7, 11) is 0. The zero-order valence-corrected chi connectivity index (χ0v) is 15.1. The van der Waals surface area contributed by atoms with Crippen molar-refractivity contribution >= 4 is 17.8 Å². The topological polar surface area (TPSA) is 97.0 Å². The van der Waals surface area contributed by atoms with E-state index in [-0.39, 0.29) is 19.2 Å². The lowest BCUT2D eigenvalue weighted by molar-refractivity contribution is -0.134. The summed E-state index contributed by atoms with van der Waals surface area (Å²) in [6.07, 6.45) is 0.834. The van der Waals surface area contributed by atoms with Crippen LogP contribution in [-0.2, 0) is 15.1 Å². The highest BCUT2D eigenvalue weighted by atomic mass is 16.7. The third kappa shape index (κ3) is 3.31. The molecule has 1 aromatic rings. The minimum Gasteiger partial charge on any atom is -0.454 e. The molecule has 2 heterocycles. The van der Waals surface area contributed by atoms with Crippen molar-refractivity contribution in [1.29, 1.82) is 0 Å². The van der Waals surface area contributed by atoms with Gasteiger partial charge in [0.15, 0.2) is 11.5 Å². The number of fused-ring (bicyclic) bond motifs is 1. The number of carbonyl (C=O) groups excluding carboxylic acids is 3. The van der Waals surface area contributed by atoms with Crippen LogP contribution in [0.4, 0.5) is 4.79 Å². The van der Waals surface area contributed by atoms with E-state index in [9.17, 15) is 14.4 Å². The summed E-state index contributed by atoms with van der Waals surface area (Å²) in [5, 5.41) is 5.41. The third-order valence-electron chi connectivity index (χ3n) is 4.57. The molecule has 2 aliphatic heterocycles. The zero-order chi connectivity index (χ0) is 18.9. The molecule has 26 heavy (non-hydrogen) atoms. The van der Waals surface area contributed by atoms with E-state index >= 15 is 0 Å². The first-order chi connectivity index (χ1) is 12.3. The Morgan fingerprint density at radius 2 is 2.04 bits per heavy atom. The van der Waals surface area contributed by atoms with Crippen LogP contribution >= 0.6 is 0 Å². The number of hydrogen-bond acceptors (Lipinski definition) is 5.